The summed E-state index contributed by atoms with van der Waals surface area (Å²) in [7, 11) is 3.96. The fourth-order valence-electron chi connectivity index (χ4n) is 2.18. The van der Waals surface area contributed by atoms with Crippen molar-refractivity contribution in [2.75, 3.05) is 32.1 Å². The molecule has 1 aromatic heterocycles. The minimum absolute atomic E-state index is 0.0648. The maximum Gasteiger partial charge on any atom is 0.231 e. The largest absolute Gasteiger partial charge is 0.391 e. The average Bonchev–Trinajstić information content (AvgIpc) is 2.56. The van der Waals surface area contributed by atoms with Crippen LogP contribution in [0.25, 0.3) is 0 Å². The third-order valence-corrected chi connectivity index (χ3v) is 3.13. The predicted molar refractivity (Wildman–Crippen MR) is 70.2 cm³/mol. The molecule has 0 aliphatic carbocycles. The predicted octanol–water partition coefficient (Wildman–Crippen LogP) is 0.680. The molecule has 2 atom stereocenters. The topological polar surface area (TPSA) is 65.4 Å². The highest BCUT2D eigenvalue weighted by Crippen LogP contribution is 2.24. The molecule has 8 heteroatoms. The van der Waals surface area contributed by atoms with Crippen LogP contribution in [-0.4, -0.2) is 64.3 Å². The van der Waals surface area contributed by atoms with E-state index in [0.717, 1.165) is 6.54 Å². The Labute approximate surface area is 116 Å². The van der Waals surface area contributed by atoms with Crippen molar-refractivity contribution in [2.45, 2.75) is 18.6 Å². The SMILES string of the molecule is CN(C)CC1CC(O)CN1c1nc(Cl)nc(Cl)n1. The van der Waals surface area contributed by atoms with Gasteiger partial charge in [0.25, 0.3) is 0 Å². The molecule has 1 N–H and O–H groups in total. The molecule has 0 amide bonds. The first kappa shape index (κ1) is 13.7. The van der Waals surface area contributed by atoms with Crippen molar-refractivity contribution in [1.29, 1.82) is 0 Å². The van der Waals surface area contributed by atoms with Crippen LogP contribution in [0.5, 0.6) is 0 Å². The first-order valence-electron chi connectivity index (χ1n) is 5.62. The maximum absolute atomic E-state index is 9.79. The summed E-state index contributed by atoms with van der Waals surface area (Å²) < 4.78 is 0. The van der Waals surface area contributed by atoms with Gasteiger partial charge in [0.05, 0.1) is 6.10 Å². The third-order valence-electron chi connectivity index (χ3n) is 2.79. The van der Waals surface area contributed by atoms with Gasteiger partial charge in [-0.05, 0) is 43.7 Å². The molecule has 0 bridgehead atoms. The van der Waals surface area contributed by atoms with Crippen LogP contribution in [0.2, 0.25) is 10.6 Å². The molecular formula is C10H15Cl2N5O. The number of nitrogens with zero attached hydrogens (tertiary/aromatic N) is 5. The van der Waals surface area contributed by atoms with Gasteiger partial charge in [-0.1, -0.05) is 0 Å². The van der Waals surface area contributed by atoms with Gasteiger partial charge in [-0.3, -0.25) is 0 Å². The van der Waals surface area contributed by atoms with Crippen LogP contribution in [0.3, 0.4) is 0 Å². The highest BCUT2D eigenvalue weighted by atomic mass is 35.5. The number of hydrogen-bond donors (Lipinski definition) is 1. The highest BCUT2D eigenvalue weighted by Gasteiger charge is 2.33. The molecule has 2 unspecified atom stereocenters. The Morgan fingerprint density at radius 2 is 1.89 bits per heavy atom. The number of rotatable bonds is 3. The molecule has 0 radical (unpaired) electrons. The summed E-state index contributed by atoms with van der Waals surface area (Å²) >= 11 is 11.5. The van der Waals surface area contributed by atoms with Crippen molar-refractivity contribution < 1.29 is 5.11 Å². The van der Waals surface area contributed by atoms with Gasteiger partial charge in [0.15, 0.2) is 0 Å². The Morgan fingerprint density at radius 3 is 2.44 bits per heavy atom. The van der Waals surface area contributed by atoms with Gasteiger partial charge < -0.3 is 14.9 Å². The lowest BCUT2D eigenvalue weighted by atomic mass is 10.2. The van der Waals surface area contributed by atoms with E-state index in [1.807, 2.05) is 19.0 Å². The number of likely N-dealkylation sites (N-methyl/N-ethyl adjacent to an activating group) is 1. The van der Waals surface area contributed by atoms with E-state index in [4.69, 9.17) is 23.2 Å². The normalized spacial score (nSPS) is 24.0. The van der Waals surface area contributed by atoms with Crippen molar-refractivity contribution in [2.24, 2.45) is 0 Å². The Hall–Kier alpha value is -0.690. The van der Waals surface area contributed by atoms with E-state index in [0.29, 0.717) is 18.9 Å². The van der Waals surface area contributed by atoms with Crippen LogP contribution in [0.15, 0.2) is 0 Å². The van der Waals surface area contributed by atoms with Crippen LogP contribution in [0, 0.1) is 0 Å². The molecule has 1 saturated heterocycles. The lowest BCUT2D eigenvalue weighted by molar-refractivity contribution is 0.191. The van der Waals surface area contributed by atoms with Crippen LogP contribution >= 0.6 is 23.2 Å². The molecule has 6 nitrogen and oxygen atoms in total. The molecule has 2 heterocycles. The fraction of sp³-hybridized carbons (Fsp3) is 0.700. The number of aliphatic hydroxyl groups is 1. The van der Waals surface area contributed by atoms with Gasteiger partial charge >= 0.3 is 0 Å². The third kappa shape index (κ3) is 3.20. The summed E-state index contributed by atoms with van der Waals surface area (Å²) in [5.74, 6) is 0.420. The minimum atomic E-state index is -0.385. The van der Waals surface area contributed by atoms with Crippen molar-refractivity contribution in [3.05, 3.63) is 10.6 Å². The Bertz CT molecular complexity index is 410. The molecule has 100 valence electrons. The molecule has 0 saturated carbocycles. The van der Waals surface area contributed by atoms with E-state index in [2.05, 4.69) is 19.9 Å². The zero-order valence-corrected chi connectivity index (χ0v) is 11.7. The van der Waals surface area contributed by atoms with E-state index in [1.165, 1.54) is 0 Å². The Kier molecular flexibility index (Phi) is 4.21. The van der Waals surface area contributed by atoms with Crippen molar-refractivity contribution >= 4 is 29.2 Å². The summed E-state index contributed by atoms with van der Waals surface area (Å²) in [6.07, 6.45) is 0.295. The monoisotopic (exact) mass is 291 g/mol. The number of β-amino-alcohol motifs (C(OH)–C–C–N with tert-alkyl or cyclic N) is 1. The maximum atomic E-state index is 9.79. The molecule has 18 heavy (non-hydrogen) atoms. The van der Waals surface area contributed by atoms with Gasteiger partial charge in [0, 0.05) is 19.1 Å². The van der Waals surface area contributed by atoms with Crippen LogP contribution in [0.4, 0.5) is 5.95 Å². The lowest BCUT2D eigenvalue weighted by Crippen LogP contribution is -2.38. The summed E-state index contributed by atoms with van der Waals surface area (Å²) in [5, 5.41) is 9.92. The highest BCUT2D eigenvalue weighted by molar-refractivity contribution is 6.31. The van der Waals surface area contributed by atoms with Gasteiger partial charge in [-0.15, -0.1) is 0 Å². The van der Waals surface area contributed by atoms with Crippen molar-refractivity contribution in [1.82, 2.24) is 19.9 Å². The van der Waals surface area contributed by atoms with Crippen LogP contribution in [-0.2, 0) is 0 Å². The lowest BCUT2D eigenvalue weighted by Gasteiger charge is -2.26. The Morgan fingerprint density at radius 1 is 1.28 bits per heavy atom. The van der Waals surface area contributed by atoms with Gasteiger partial charge in [-0.2, -0.15) is 15.0 Å². The number of halogens is 2. The first-order valence-corrected chi connectivity index (χ1v) is 6.38. The van der Waals surface area contributed by atoms with Gasteiger partial charge in [0.1, 0.15) is 0 Å². The molecule has 0 aromatic carbocycles. The molecule has 0 spiro atoms. The second kappa shape index (κ2) is 5.52. The molecule has 1 aromatic rings. The average molecular weight is 292 g/mol. The second-order valence-corrected chi connectivity index (χ2v) is 5.31. The molecular weight excluding hydrogens is 277 g/mol. The van der Waals surface area contributed by atoms with E-state index >= 15 is 0 Å². The second-order valence-electron chi connectivity index (χ2n) is 4.63. The van der Waals surface area contributed by atoms with Crippen molar-refractivity contribution in [3.63, 3.8) is 0 Å². The molecule has 2 rings (SSSR count). The zero-order chi connectivity index (χ0) is 13.3. The summed E-state index contributed by atoms with van der Waals surface area (Å²) in [6, 6.07) is 0.143. The molecule has 1 fully saturated rings. The van der Waals surface area contributed by atoms with Crippen molar-refractivity contribution in [3.8, 4) is 0 Å². The summed E-state index contributed by atoms with van der Waals surface area (Å²) in [5.41, 5.74) is 0. The first-order chi connectivity index (χ1) is 8.45. The van der Waals surface area contributed by atoms with Crippen LogP contribution < -0.4 is 4.90 Å². The van der Waals surface area contributed by atoms with E-state index in [9.17, 15) is 5.11 Å². The van der Waals surface area contributed by atoms with Gasteiger partial charge in [0.2, 0.25) is 16.5 Å². The smallest absolute Gasteiger partial charge is 0.231 e. The number of aliphatic hydroxyl groups excluding tert-OH is 1. The zero-order valence-electron chi connectivity index (χ0n) is 10.2. The molecule has 1 aliphatic rings. The Balaban J connectivity index is 2.23. The number of hydrogen-bond acceptors (Lipinski definition) is 6. The van der Waals surface area contributed by atoms with E-state index in [-0.39, 0.29) is 22.7 Å². The van der Waals surface area contributed by atoms with Gasteiger partial charge in [-0.25, -0.2) is 0 Å². The standard InChI is InChI=1S/C10H15Cl2N5O/c1-16(2)4-6-3-7(18)5-17(6)10-14-8(11)13-9(12)15-10/h6-7,18H,3-5H2,1-2H3. The quantitative estimate of drug-likeness (QED) is 0.884. The summed E-state index contributed by atoms with van der Waals surface area (Å²) in [6.45, 7) is 1.28. The van der Waals surface area contributed by atoms with Crippen LogP contribution in [0.1, 0.15) is 6.42 Å². The number of aromatic nitrogens is 3. The minimum Gasteiger partial charge on any atom is -0.391 e. The summed E-state index contributed by atoms with van der Waals surface area (Å²) in [4.78, 5) is 15.8. The van der Waals surface area contributed by atoms with E-state index in [1.54, 1.807) is 0 Å². The number of anilines is 1. The molecule has 1 aliphatic heterocycles. The van der Waals surface area contributed by atoms with E-state index < -0.39 is 0 Å². The fourth-order valence-corrected chi connectivity index (χ4v) is 2.53.